The Hall–Kier alpha value is -10.0. The van der Waals surface area contributed by atoms with Crippen LogP contribution in [0.5, 0.6) is 40.2 Å². The standard InChI is InChI=1S/C70H64N6O7/c1-77-61-34-33-54(37-57(61)48-24-20-26-50(36-48)60-44-68(73-53-31-17-10-18-32-53)76(60)55-38-62(78-2)69(81-5)63(39-55)79-3)74-59(43-66(74)71-51-27-13-8-14-28-51)49-25-19-21-46(35-49)45-83-65-41-56(40-64(80-4)70(65)82-6)75-58(47-22-11-7-12-23-47)42-67(75)72-52-29-15-9-16-30-52/h7-41,58-60H,42-45H2,1-6H3. The quantitative estimate of drug-likeness (QED) is 0.0776. The fraction of sp³-hybridized carbons (Fsp3) is 0.186. The van der Waals surface area contributed by atoms with Gasteiger partial charge in [0.2, 0.25) is 11.5 Å². The van der Waals surface area contributed by atoms with Crippen LogP contribution in [0.2, 0.25) is 0 Å². The average Bonchev–Trinajstić information content (AvgIpc) is 3.57. The molecule has 3 saturated heterocycles. The van der Waals surface area contributed by atoms with Gasteiger partial charge in [0.1, 0.15) is 29.9 Å². The highest BCUT2D eigenvalue weighted by Gasteiger charge is 2.40. The summed E-state index contributed by atoms with van der Waals surface area (Å²) in [4.78, 5) is 22.3. The van der Waals surface area contributed by atoms with Crippen LogP contribution in [-0.4, -0.2) is 60.2 Å². The Bertz CT molecular complexity index is 3830. The van der Waals surface area contributed by atoms with Gasteiger partial charge in [-0.25, -0.2) is 15.0 Å². The molecule has 9 aromatic carbocycles. The molecule has 0 amide bonds. The molecule has 3 unspecified atom stereocenters. The summed E-state index contributed by atoms with van der Waals surface area (Å²) < 4.78 is 42.3. The zero-order chi connectivity index (χ0) is 56.8. The Morgan fingerprint density at radius 2 is 0.759 bits per heavy atom. The van der Waals surface area contributed by atoms with E-state index in [9.17, 15) is 0 Å². The topological polar surface area (TPSA) is 111 Å². The Morgan fingerprint density at radius 3 is 1.24 bits per heavy atom. The number of ether oxygens (including phenoxy) is 7. The highest BCUT2D eigenvalue weighted by molar-refractivity contribution is 6.09. The van der Waals surface area contributed by atoms with Crippen molar-refractivity contribution in [3.05, 3.63) is 235 Å². The van der Waals surface area contributed by atoms with E-state index in [1.165, 1.54) is 5.56 Å². The first kappa shape index (κ1) is 53.6. The van der Waals surface area contributed by atoms with Gasteiger partial charge < -0.3 is 47.9 Å². The minimum absolute atomic E-state index is 0.0315. The van der Waals surface area contributed by atoms with Crippen molar-refractivity contribution >= 4 is 51.6 Å². The van der Waals surface area contributed by atoms with Crippen molar-refractivity contribution in [3.63, 3.8) is 0 Å². The van der Waals surface area contributed by atoms with Gasteiger partial charge in [0.05, 0.1) is 89.2 Å². The monoisotopic (exact) mass is 1100 g/mol. The first-order chi connectivity index (χ1) is 40.8. The van der Waals surface area contributed by atoms with E-state index < -0.39 is 0 Å². The molecule has 13 heteroatoms. The van der Waals surface area contributed by atoms with Crippen LogP contribution in [0, 0.1) is 0 Å². The predicted octanol–water partition coefficient (Wildman–Crippen LogP) is 16.0. The molecule has 0 aliphatic carbocycles. The summed E-state index contributed by atoms with van der Waals surface area (Å²) in [5.74, 6) is 6.88. The molecule has 0 radical (unpaired) electrons. The number of benzene rings is 9. The van der Waals surface area contributed by atoms with Gasteiger partial charge in [-0.1, -0.05) is 127 Å². The molecule has 0 bridgehead atoms. The fourth-order valence-electron chi connectivity index (χ4n) is 11.4. The molecule has 13 nitrogen and oxygen atoms in total. The molecular formula is C70H64N6O7. The van der Waals surface area contributed by atoms with Crippen molar-refractivity contribution in [3.8, 4) is 51.4 Å². The van der Waals surface area contributed by atoms with Gasteiger partial charge in [0.25, 0.3) is 0 Å². The lowest BCUT2D eigenvalue weighted by atomic mass is 9.89. The number of para-hydroxylation sites is 3. The molecule has 12 rings (SSSR count). The normalized spacial score (nSPS) is 17.8. The van der Waals surface area contributed by atoms with Crippen LogP contribution in [0.15, 0.2) is 227 Å². The number of anilines is 3. The number of rotatable bonds is 19. The lowest BCUT2D eigenvalue weighted by molar-refractivity contribution is 0.275. The minimum Gasteiger partial charge on any atom is -0.496 e. The summed E-state index contributed by atoms with van der Waals surface area (Å²) in [7, 11) is 9.90. The molecule has 83 heavy (non-hydrogen) atoms. The summed E-state index contributed by atoms with van der Waals surface area (Å²) in [5.41, 5.74) is 11.8. The van der Waals surface area contributed by atoms with Gasteiger partial charge in [0, 0.05) is 54.8 Å². The maximum Gasteiger partial charge on any atom is 0.203 e. The van der Waals surface area contributed by atoms with Gasteiger partial charge >= 0.3 is 0 Å². The van der Waals surface area contributed by atoms with Gasteiger partial charge in [-0.2, -0.15) is 0 Å². The summed E-state index contributed by atoms with van der Waals surface area (Å²) in [6, 6.07) is 72.5. The second-order valence-electron chi connectivity index (χ2n) is 20.4. The minimum atomic E-state index is -0.0539. The first-order valence-electron chi connectivity index (χ1n) is 27.7. The van der Waals surface area contributed by atoms with Crippen molar-refractivity contribution in [2.24, 2.45) is 15.0 Å². The summed E-state index contributed by atoms with van der Waals surface area (Å²) in [5, 5.41) is 0. The van der Waals surface area contributed by atoms with E-state index in [4.69, 9.17) is 48.1 Å². The van der Waals surface area contributed by atoms with Crippen molar-refractivity contribution < 1.29 is 33.2 Å². The maximum atomic E-state index is 6.78. The zero-order valence-electron chi connectivity index (χ0n) is 47.3. The number of methoxy groups -OCH3 is 6. The second kappa shape index (κ2) is 24.0. The summed E-state index contributed by atoms with van der Waals surface area (Å²) >= 11 is 0. The van der Waals surface area contributed by atoms with E-state index in [-0.39, 0.29) is 24.7 Å². The number of hydrogen-bond acceptors (Lipinski definition) is 10. The first-order valence-corrected chi connectivity index (χ1v) is 27.7. The summed E-state index contributed by atoms with van der Waals surface area (Å²) in [6.07, 6.45) is 2.21. The zero-order valence-corrected chi connectivity index (χ0v) is 47.3. The SMILES string of the molecule is COc1ccc(N2C(=Nc3ccccc3)CC2c2cccc(COc3cc(N4C(=Nc5ccccc5)CC4c4ccccc4)cc(OC)c3OC)c2)cc1-c1cccc(C2CC(=Nc3ccccc3)N2c2cc(OC)c(OC)c(OC)c2)c1. The van der Waals surface area contributed by atoms with E-state index in [2.05, 4.69) is 106 Å². The molecular weight excluding hydrogens is 1040 g/mol. The molecule has 416 valence electrons. The molecule has 3 aliphatic heterocycles. The number of amidine groups is 3. The van der Waals surface area contributed by atoms with Gasteiger partial charge in [0.15, 0.2) is 23.0 Å². The predicted molar refractivity (Wildman–Crippen MR) is 331 cm³/mol. The van der Waals surface area contributed by atoms with E-state index in [0.717, 1.165) is 98.0 Å². The molecule has 0 spiro atoms. The van der Waals surface area contributed by atoms with Crippen LogP contribution < -0.4 is 47.9 Å². The van der Waals surface area contributed by atoms with E-state index >= 15 is 0 Å². The molecule has 0 saturated carbocycles. The highest BCUT2D eigenvalue weighted by Crippen LogP contribution is 2.51. The Morgan fingerprint density at radius 1 is 0.349 bits per heavy atom. The van der Waals surface area contributed by atoms with Crippen molar-refractivity contribution in [1.82, 2.24) is 0 Å². The lowest BCUT2D eigenvalue weighted by Crippen LogP contribution is -2.47. The highest BCUT2D eigenvalue weighted by atomic mass is 16.5. The van der Waals surface area contributed by atoms with Crippen molar-refractivity contribution in [2.75, 3.05) is 57.4 Å². The van der Waals surface area contributed by atoms with Crippen LogP contribution in [0.1, 0.15) is 59.6 Å². The molecule has 3 fully saturated rings. The molecule has 3 aliphatic rings. The third-order valence-corrected chi connectivity index (χ3v) is 15.5. The Kier molecular flexibility index (Phi) is 15.5. The number of hydrogen-bond donors (Lipinski definition) is 0. The smallest absolute Gasteiger partial charge is 0.203 e. The van der Waals surface area contributed by atoms with E-state index in [1.54, 1.807) is 42.7 Å². The van der Waals surface area contributed by atoms with Gasteiger partial charge in [-0.3, -0.25) is 0 Å². The number of aliphatic imine (C=N–C) groups is 3. The number of nitrogens with zero attached hydrogens (tertiary/aromatic N) is 6. The van der Waals surface area contributed by atoms with Crippen molar-refractivity contribution in [2.45, 2.75) is 44.0 Å². The fourth-order valence-corrected chi connectivity index (χ4v) is 11.4. The van der Waals surface area contributed by atoms with Crippen molar-refractivity contribution in [1.29, 1.82) is 0 Å². The third kappa shape index (κ3) is 10.9. The molecule has 0 aromatic heterocycles. The van der Waals surface area contributed by atoms with Crippen LogP contribution in [0.3, 0.4) is 0 Å². The molecule has 3 heterocycles. The summed E-state index contributed by atoms with van der Waals surface area (Å²) in [6.45, 7) is 0.280. The van der Waals surface area contributed by atoms with Crippen LogP contribution >= 0.6 is 0 Å². The molecule has 0 N–H and O–H groups in total. The Balaban J connectivity index is 0.857. The van der Waals surface area contributed by atoms with E-state index in [1.807, 2.05) is 121 Å². The van der Waals surface area contributed by atoms with Crippen LogP contribution in [0.25, 0.3) is 11.1 Å². The van der Waals surface area contributed by atoms with Crippen LogP contribution in [0.4, 0.5) is 34.1 Å². The largest absolute Gasteiger partial charge is 0.496 e. The maximum absolute atomic E-state index is 6.78. The average molecular weight is 1100 g/mol. The van der Waals surface area contributed by atoms with Gasteiger partial charge in [-0.15, -0.1) is 0 Å². The Labute approximate surface area is 484 Å². The van der Waals surface area contributed by atoms with Crippen LogP contribution in [-0.2, 0) is 6.61 Å². The van der Waals surface area contributed by atoms with Gasteiger partial charge in [-0.05, 0) is 88.5 Å². The lowest BCUT2D eigenvalue weighted by Gasteiger charge is -2.45. The molecule has 3 atom stereocenters. The molecule has 9 aromatic rings. The third-order valence-electron chi connectivity index (χ3n) is 15.5. The van der Waals surface area contributed by atoms with E-state index in [0.29, 0.717) is 40.9 Å². The second-order valence-corrected chi connectivity index (χ2v) is 20.4.